The van der Waals surface area contributed by atoms with E-state index in [1.54, 1.807) is 22.7 Å². The van der Waals surface area contributed by atoms with E-state index in [0.29, 0.717) is 0 Å². The Labute approximate surface area is 110 Å². The lowest BCUT2D eigenvalue weighted by atomic mass is 10.4. The van der Waals surface area contributed by atoms with E-state index in [-0.39, 0.29) is 0 Å². The van der Waals surface area contributed by atoms with Crippen LogP contribution in [0.4, 0.5) is 0 Å². The number of aromatic nitrogens is 2. The summed E-state index contributed by atoms with van der Waals surface area (Å²) in [5.74, 6) is 0. The van der Waals surface area contributed by atoms with Crippen molar-refractivity contribution in [1.29, 1.82) is 0 Å². The first-order valence-corrected chi connectivity index (χ1v) is 7.53. The van der Waals surface area contributed by atoms with Gasteiger partial charge in [0.1, 0.15) is 0 Å². The molecule has 0 bridgehead atoms. The maximum Gasteiger partial charge on any atom is 0.0996 e. The number of nitrogens with zero attached hydrogens (tertiary/aromatic N) is 2. The van der Waals surface area contributed by atoms with Crippen LogP contribution in [0.15, 0.2) is 11.6 Å². The van der Waals surface area contributed by atoms with Gasteiger partial charge in [-0.15, -0.1) is 22.7 Å². The van der Waals surface area contributed by atoms with Crippen molar-refractivity contribution in [1.82, 2.24) is 15.3 Å². The second-order valence-corrected chi connectivity index (χ2v) is 6.10. The Balaban J connectivity index is 1.89. The fourth-order valence-electron chi connectivity index (χ4n) is 1.51. The molecule has 2 heterocycles. The molecule has 2 aromatic rings. The molecule has 17 heavy (non-hydrogen) atoms. The lowest BCUT2D eigenvalue weighted by Gasteiger charge is -1.97. The third-order valence-electron chi connectivity index (χ3n) is 2.30. The van der Waals surface area contributed by atoms with E-state index in [4.69, 9.17) is 0 Å². The summed E-state index contributed by atoms with van der Waals surface area (Å²) >= 11 is 3.50. The Morgan fingerprint density at radius 1 is 1.35 bits per heavy atom. The second kappa shape index (κ2) is 6.23. The number of hydrogen-bond donors (Lipinski definition) is 1. The minimum Gasteiger partial charge on any atom is -0.312 e. The Morgan fingerprint density at radius 2 is 2.24 bits per heavy atom. The zero-order chi connectivity index (χ0) is 12.1. The SMILES string of the molecule is CCCNCc1cnc(Cc2nc(C)cs2)s1. The van der Waals surface area contributed by atoms with E-state index in [0.717, 1.165) is 35.2 Å². The highest BCUT2D eigenvalue weighted by Crippen LogP contribution is 2.19. The average Bonchev–Trinajstić information content (AvgIpc) is 2.90. The summed E-state index contributed by atoms with van der Waals surface area (Å²) in [6, 6.07) is 0. The van der Waals surface area contributed by atoms with Gasteiger partial charge in [-0.25, -0.2) is 9.97 Å². The standard InChI is InChI=1S/C12H17N3S2/c1-3-4-13-6-10-7-14-11(17-10)5-12-15-9(2)8-16-12/h7-8,13H,3-6H2,1-2H3. The first-order valence-electron chi connectivity index (χ1n) is 5.83. The van der Waals surface area contributed by atoms with Crippen LogP contribution in [-0.4, -0.2) is 16.5 Å². The van der Waals surface area contributed by atoms with E-state index < -0.39 is 0 Å². The molecule has 0 spiro atoms. The third-order valence-corrected chi connectivity index (χ3v) is 4.26. The molecule has 0 radical (unpaired) electrons. The van der Waals surface area contributed by atoms with Gasteiger partial charge in [0.05, 0.1) is 16.4 Å². The average molecular weight is 267 g/mol. The van der Waals surface area contributed by atoms with Crippen LogP contribution in [0.2, 0.25) is 0 Å². The molecule has 0 saturated carbocycles. The van der Waals surface area contributed by atoms with Gasteiger partial charge in [0.15, 0.2) is 0 Å². The zero-order valence-corrected chi connectivity index (χ0v) is 11.8. The van der Waals surface area contributed by atoms with Crippen molar-refractivity contribution < 1.29 is 0 Å². The Hall–Kier alpha value is -0.780. The van der Waals surface area contributed by atoms with Gasteiger partial charge in [-0.05, 0) is 19.9 Å². The molecule has 0 aliphatic rings. The van der Waals surface area contributed by atoms with Crippen molar-refractivity contribution in [3.05, 3.63) is 32.2 Å². The molecule has 0 aliphatic heterocycles. The van der Waals surface area contributed by atoms with E-state index in [9.17, 15) is 0 Å². The van der Waals surface area contributed by atoms with Gasteiger partial charge < -0.3 is 5.32 Å². The molecule has 0 atom stereocenters. The molecule has 0 unspecified atom stereocenters. The van der Waals surface area contributed by atoms with Crippen molar-refractivity contribution in [3.8, 4) is 0 Å². The molecule has 5 heteroatoms. The van der Waals surface area contributed by atoms with E-state index in [1.807, 2.05) is 13.1 Å². The normalized spacial score (nSPS) is 10.9. The molecular formula is C12H17N3S2. The summed E-state index contributed by atoms with van der Waals surface area (Å²) in [5, 5.41) is 7.80. The van der Waals surface area contributed by atoms with Crippen LogP contribution >= 0.6 is 22.7 Å². The molecule has 0 saturated heterocycles. The maximum absolute atomic E-state index is 4.46. The highest BCUT2D eigenvalue weighted by atomic mass is 32.1. The first-order chi connectivity index (χ1) is 8.28. The quantitative estimate of drug-likeness (QED) is 0.818. The van der Waals surface area contributed by atoms with Gasteiger partial charge in [-0.1, -0.05) is 6.92 Å². The van der Waals surface area contributed by atoms with Crippen molar-refractivity contribution in [2.75, 3.05) is 6.54 Å². The van der Waals surface area contributed by atoms with Gasteiger partial charge in [0.2, 0.25) is 0 Å². The molecule has 0 fully saturated rings. The number of thiazole rings is 2. The van der Waals surface area contributed by atoms with Crippen LogP contribution in [0.25, 0.3) is 0 Å². The number of rotatable bonds is 6. The van der Waals surface area contributed by atoms with Gasteiger partial charge in [-0.2, -0.15) is 0 Å². The largest absolute Gasteiger partial charge is 0.312 e. The minimum atomic E-state index is 0.872. The van der Waals surface area contributed by atoms with Crippen molar-refractivity contribution in [2.45, 2.75) is 33.2 Å². The number of nitrogens with one attached hydrogen (secondary N) is 1. The molecule has 1 N–H and O–H groups in total. The summed E-state index contributed by atoms with van der Waals surface area (Å²) in [6.07, 6.45) is 4.02. The lowest BCUT2D eigenvalue weighted by Crippen LogP contribution is -2.12. The zero-order valence-electron chi connectivity index (χ0n) is 10.2. The summed E-state index contributed by atoms with van der Waals surface area (Å²) in [5.41, 5.74) is 1.10. The second-order valence-electron chi connectivity index (χ2n) is 3.96. The molecule has 0 amide bonds. The fourth-order valence-corrected chi connectivity index (χ4v) is 3.28. The first kappa shape index (κ1) is 12.7. The number of aryl methyl sites for hydroxylation is 1. The minimum absolute atomic E-state index is 0.872. The molecular weight excluding hydrogens is 250 g/mol. The Kier molecular flexibility index (Phi) is 4.65. The van der Waals surface area contributed by atoms with Crippen LogP contribution in [0.3, 0.4) is 0 Å². The summed E-state index contributed by atoms with van der Waals surface area (Å²) in [6.45, 7) is 6.21. The van der Waals surface area contributed by atoms with Crippen LogP contribution < -0.4 is 5.32 Å². The Morgan fingerprint density at radius 3 is 2.94 bits per heavy atom. The highest BCUT2D eigenvalue weighted by molar-refractivity contribution is 7.12. The van der Waals surface area contributed by atoms with Crippen molar-refractivity contribution in [2.24, 2.45) is 0 Å². The van der Waals surface area contributed by atoms with Crippen molar-refractivity contribution >= 4 is 22.7 Å². The van der Waals surface area contributed by atoms with Crippen LogP contribution in [0.5, 0.6) is 0 Å². The van der Waals surface area contributed by atoms with Gasteiger partial charge >= 0.3 is 0 Å². The fraction of sp³-hybridized carbons (Fsp3) is 0.500. The summed E-state index contributed by atoms with van der Waals surface area (Å²) in [7, 11) is 0. The molecule has 0 aromatic carbocycles. The third kappa shape index (κ3) is 3.87. The van der Waals surface area contributed by atoms with Gasteiger partial charge in [0, 0.05) is 28.7 Å². The molecule has 92 valence electrons. The van der Waals surface area contributed by atoms with E-state index in [2.05, 4.69) is 27.6 Å². The highest BCUT2D eigenvalue weighted by Gasteiger charge is 2.05. The molecule has 0 aliphatic carbocycles. The molecule has 2 aromatic heterocycles. The van der Waals surface area contributed by atoms with Crippen LogP contribution in [-0.2, 0) is 13.0 Å². The monoisotopic (exact) mass is 267 g/mol. The van der Waals surface area contributed by atoms with Crippen LogP contribution in [0, 0.1) is 6.92 Å². The van der Waals surface area contributed by atoms with E-state index >= 15 is 0 Å². The lowest BCUT2D eigenvalue weighted by molar-refractivity contribution is 0.681. The maximum atomic E-state index is 4.46. The summed E-state index contributed by atoms with van der Waals surface area (Å²) < 4.78 is 0. The van der Waals surface area contributed by atoms with Crippen molar-refractivity contribution in [3.63, 3.8) is 0 Å². The predicted molar refractivity (Wildman–Crippen MR) is 73.8 cm³/mol. The molecule has 2 rings (SSSR count). The number of hydrogen-bond acceptors (Lipinski definition) is 5. The predicted octanol–water partition coefficient (Wildman–Crippen LogP) is 3.00. The van der Waals surface area contributed by atoms with E-state index in [1.165, 1.54) is 11.3 Å². The molecule has 3 nitrogen and oxygen atoms in total. The topological polar surface area (TPSA) is 37.8 Å². The van der Waals surface area contributed by atoms with Gasteiger partial charge in [0.25, 0.3) is 0 Å². The Bertz CT molecular complexity index is 462. The smallest absolute Gasteiger partial charge is 0.0996 e. The van der Waals surface area contributed by atoms with Gasteiger partial charge in [-0.3, -0.25) is 0 Å². The van der Waals surface area contributed by atoms with Crippen LogP contribution in [0.1, 0.15) is 33.9 Å². The summed E-state index contributed by atoms with van der Waals surface area (Å²) in [4.78, 5) is 10.2.